The lowest BCUT2D eigenvalue weighted by Crippen LogP contribution is -2.45. The molecular formula is C8H18N2O3. The van der Waals surface area contributed by atoms with Gasteiger partial charge >= 0.3 is 6.03 Å². The van der Waals surface area contributed by atoms with Gasteiger partial charge in [0.2, 0.25) is 0 Å². The number of nitrogens with one attached hydrogen (secondary N) is 1. The van der Waals surface area contributed by atoms with E-state index in [-0.39, 0.29) is 38.4 Å². The van der Waals surface area contributed by atoms with E-state index >= 15 is 0 Å². The average Bonchev–Trinajstić information content (AvgIpc) is 2.02. The lowest BCUT2D eigenvalue weighted by Gasteiger charge is -2.22. The number of carbonyl (C=O) groups is 1. The average molecular weight is 190 g/mol. The van der Waals surface area contributed by atoms with Crippen LogP contribution < -0.4 is 5.32 Å². The maximum Gasteiger partial charge on any atom is 0.317 e. The summed E-state index contributed by atoms with van der Waals surface area (Å²) in [5, 5.41) is 20.0. The fourth-order valence-corrected chi connectivity index (χ4v) is 0.895. The number of amides is 2. The Morgan fingerprint density at radius 1 is 1.31 bits per heavy atom. The minimum atomic E-state index is -0.252. The van der Waals surface area contributed by atoms with E-state index in [1.807, 2.05) is 13.8 Å². The Morgan fingerprint density at radius 2 is 1.77 bits per heavy atom. The number of urea groups is 1. The van der Waals surface area contributed by atoms with Crippen molar-refractivity contribution in [2.75, 3.05) is 26.3 Å². The number of carbonyl (C=O) groups excluding carboxylic acids is 1. The molecule has 0 aromatic rings. The molecular weight excluding hydrogens is 172 g/mol. The molecule has 0 radical (unpaired) electrons. The lowest BCUT2D eigenvalue weighted by atomic mass is 10.4. The van der Waals surface area contributed by atoms with Crippen LogP contribution in [0.4, 0.5) is 4.79 Å². The molecule has 0 saturated heterocycles. The summed E-state index contributed by atoms with van der Waals surface area (Å²) < 4.78 is 0. The van der Waals surface area contributed by atoms with Crippen LogP contribution >= 0.6 is 0 Å². The molecule has 0 bridgehead atoms. The molecule has 0 aromatic carbocycles. The van der Waals surface area contributed by atoms with Gasteiger partial charge in [0.15, 0.2) is 0 Å². The zero-order chi connectivity index (χ0) is 10.3. The number of aliphatic hydroxyl groups is 2. The summed E-state index contributed by atoms with van der Waals surface area (Å²) in [6.45, 7) is 4.03. The standard InChI is InChI=1S/C8H18N2O3/c1-7(2)9-8(13)10(3-5-11)4-6-12/h7,11-12H,3-6H2,1-2H3,(H,9,13). The summed E-state index contributed by atoms with van der Waals surface area (Å²) in [7, 11) is 0. The monoisotopic (exact) mass is 190 g/mol. The Hall–Kier alpha value is -0.810. The molecule has 0 aromatic heterocycles. The topological polar surface area (TPSA) is 72.8 Å². The van der Waals surface area contributed by atoms with Crippen LogP contribution in [0.1, 0.15) is 13.8 Å². The normalized spacial score (nSPS) is 10.2. The number of hydrogen-bond acceptors (Lipinski definition) is 3. The number of hydrogen-bond donors (Lipinski definition) is 3. The van der Waals surface area contributed by atoms with Crippen molar-refractivity contribution >= 4 is 6.03 Å². The van der Waals surface area contributed by atoms with Crippen molar-refractivity contribution in [2.24, 2.45) is 0 Å². The maximum atomic E-state index is 11.3. The van der Waals surface area contributed by atoms with E-state index in [4.69, 9.17) is 10.2 Å². The van der Waals surface area contributed by atoms with Gasteiger partial charge in [0.1, 0.15) is 0 Å². The molecule has 0 aliphatic rings. The number of nitrogens with zero attached hydrogens (tertiary/aromatic N) is 1. The van der Waals surface area contributed by atoms with Gasteiger partial charge in [-0.15, -0.1) is 0 Å². The van der Waals surface area contributed by atoms with E-state index in [2.05, 4.69) is 5.32 Å². The van der Waals surface area contributed by atoms with Crippen molar-refractivity contribution in [3.05, 3.63) is 0 Å². The molecule has 0 atom stereocenters. The summed E-state index contributed by atoms with van der Waals surface area (Å²) in [4.78, 5) is 12.7. The molecule has 0 saturated carbocycles. The molecule has 0 fully saturated rings. The van der Waals surface area contributed by atoms with Crippen LogP contribution in [0.25, 0.3) is 0 Å². The minimum Gasteiger partial charge on any atom is -0.395 e. The molecule has 2 amide bonds. The van der Waals surface area contributed by atoms with Crippen molar-refractivity contribution in [2.45, 2.75) is 19.9 Å². The second-order valence-corrected chi connectivity index (χ2v) is 3.04. The van der Waals surface area contributed by atoms with E-state index in [0.29, 0.717) is 0 Å². The summed E-state index contributed by atoms with van der Waals surface area (Å²) in [6, 6.07) is -0.189. The van der Waals surface area contributed by atoms with Gasteiger partial charge in [-0.05, 0) is 13.8 Å². The van der Waals surface area contributed by atoms with Crippen LogP contribution in [0.15, 0.2) is 0 Å². The van der Waals surface area contributed by atoms with Crippen molar-refractivity contribution in [3.8, 4) is 0 Å². The molecule has 5 nitrogen and oxygen atoms in total. The van der Waals surface area contributed by atoms with E-state index in [1.165, 1.54) is 4.90 Å². The summed E-state index contributed by atoms with van der Waals surface area (Å²) in [5.74, 6) is 0. The first-order valence-electron chi connectivity index (χ1n) is 4.39. The predicted molar refractivity (Wildman–Crippen MR) is 49.4 cm³/mol. The van der Waals surface area contributed by atoms with Crippen molar-refractivity contribution in [3.63, 3.8) is 0 Å². The molecule has 0 aliphatic carbocycles. The van der Waals surface area contributed by atoms with Gasteiger partial charge in [-0.3, -0.25) is 0 Å². The highest BCUT2D eigenvalue weighted by Crippen LogP contribution is 1.90. The Kier molecular flexibility index (Phi) is 6.26. The molecule has 0 spiro atoms. The Balaban J connectivity index is 3.95. The van der Waals surface area contributed by atoms with Gasteiger partial charge in [0, 0.05) is 19.1 Å². The number of rotatable bonds is 5. The highest BCUT2D eigenvalue weighted by atomic mass is 16.3. The molecule has 0 rings (SSSR count). The molecule has 0 unspecified atom stereocenters. The van der Waals surface area contributed by atoms with Gasteiger partial charge in [0.25, 0.3) is 0 Å². The second kappa shape index (κ2) is 6.68. The Labute approximate surface area is 78.4 Å². The summed E-state index contributed by atoms with van der Waals surface area (Å²) in [6.07, 6.45) is 0. The van der Waals surface area contributed by atoms with Gasteiger partial charge in [-0.25, -0.2) is 4.79 Å². The SMILES string of the molecule is CC(C)NC(=O)N(CCO)CCO. The first-order valence-corrected chi connectivity index (χ1v) is 4.39. The maximum absolute atomic E-state index is 11.3. The van der Waals surface area contributed by atoms with Gasteiger partial charge < -0.3 is 20.4 Å². The molecule has 13 heavy (non-hydrogen) atoms. The summed E-state index contributed by atoms with van der Waals surface area (Å²) >= 11 is 0. The smallest absolute Gasteiger partial charge is 0.317 e. The molecule has 0 heterocycles. The van der Waals surface area contributed by atoms with Crippen LogP contribution in [-0.4, -0.2) is 53.5 Å². The van der Waals surface area contributed by atoms with Crippen LogP contribution in [0, 0.1) is 0 Å². The quantitative estimate of drug-likeness (QED) is 0.541. The fourth-order valence-electron chi connectivity index (χ4n) is 0.895. The Morgan fingerprint density at radius 3 is 2.08 bits per heavy atom. The third kappa shape index (κ3) is 5.43. The van der Waals surface area contributed by atoms with Crippen LogP contribution in [0.2, 0.25) is 0 Å². The first-order chi connectivity index (χ1) is 6.11. The van der Waals surface area contributed by atoms with Gasteiger partial charge in [0.05, 0.1) is 13.2 Å². The van der Waals surface area contributed by atoms with Gasteiger partial charge in [-0.1, -0.05) is 0 Å². The van der Waals surface area contributed by atoms with Gasteiger partial charge in [-0.2, -0.15) is 0 Å². The molecule has 78 valence electrons. The molecule has 5 heteroatoms. The fraction of sp³-hybridized carbons (Fsp3) is 0.875. The van der Waals surface area contributed by atoms with Crippen molar-refractivity contribution < 1.29 is 15.0 Å². The first kappa shape index (κ1) is 12.2. The highest BCUT2D eigenvalue weighted by Gasteiger charge is 2.12. The van der Waals surface area contributed by atoms with Crippen LogP contribution in [-0.2, 0) is 0 Å². The van der Waals surface area contributed by atoms with Crippen molar-refractivity contribution in [1.82, 2.24) is 10.2 Å². The zero-order valence-electron chi connectivity index (χ0n) is 8.16. The zero-order valence-corrected chi connectivity index (χ0v) is 8.16. The van der Waals surface area contributed by atoms with E-state index in [1.54, 1.807) is 0 Å². The van der Waals surface area contributed by atoms with E-state index in [0.717, 1.165) is 0 Å². The van der Waals surface area contributed by atoms with E-state index in [9.17, 15) is 4.79 Å². The lowest BCUT2D eigenvalue weighted by molar-refractivity contribution is 0.156. The van der Waals surface area contributed by atoms with Crippen LogP contribution in [0.5, 0.6) is 0 Å². The third-order valence-corrected chi connectivity index (χ3v) is 1.44. The minimum absolute atomic E-state index is 0.0624. The predicted octanol–water partition coefficient (Wildman–Crippen LogP) is -0.609. The van der Waals surface area contributed by atoms with E-state index < -0.39 is 0 Å². The highest BCUT2D eigenvalue weighted by molar-refractivity contribution is 5.74. The second-order valence-electron chi connectivity index (χ2n) is 3.04. The Bertz CT molecular complexity index is 144. The largest absolute Gasteiger partial charge is 0.395 e. The number of aliphatic hydroxyl groups excluding tert-OH is 2. The third-order valence-electron chi connectivity index (χ3n) is 1.44. The van der Waals surface area contributed by atoms with Crippen LogP contribution in [0.3, 0.4) is 0 Å². The van der Waals surface area contributed by atoms with Crippen molar-refractivity contribution in [1.29, 1.82) is 0 Å². The molecule has 0 aliphatic heterocycles. The molecule has 3 N–H and O–H groups in total. The summed E-state index contributed by atoms with van der Waals surface area (Å²) in [5.41, 5.74) is 0.